The van der Waals surface area contributed by atoms with Gasteiger partial charge in [-0.25, -0.2) is 4.39 Å². The SMILES string of the molecule is Oc1ccc(CNc2c(F)cccc2Br)c(O)c1. The molecule has 0 amide bonds. The Morgan fingerprint density at radius 2 is 1.94 bits per heavy atom. The third-order valence-corrected chi connectivity index (χ3v) is 3.15. The molecule has 0 aliphatic carbocycles. The first-order valence-electron chi connectivity index (χ1n) is 5.26. The molecule has 0 saturated heterocycles. The quantitative estimate of drug-likeness (QED) is 0.811. The Morgan fingerprint density at radius 1 is 1.17 bits per heavy atom. The van der Waals surface area contributed by atoms with E-state index in [0.717, 1.165) is 0 Å². The first-order valence-corrected chi connectivity index (χ1v) is 6.06. The minimum Gasteiger partial charge on any atom is -0.508 e. The van der Waals surface area contributed by atoms with Crippen molar-refractivity contribution < 1.29 is 14.6 Å². The van der Waals surface area contributed by atoms with E-state index in [1.807, 2.05) is 0 Å². The minimum absolute atomic E-state index is 0.0108. The van der Waals surface area contributed by atoms with Crippen molar-refractivity contribution in [3.8, 4) is 11.5 Å². The number of hydrogen-bond acceptors (Lipinski definition) is 3. The van der Waals surface area contributed by atoms with Crippen molar-refractivity contribution in [3.63, 3.8) is 0 Å². The molecule has 0 spiro atoms. The average Bonchev–Trinajstić information content (AvgIpc) is 2.31. The number of hydrogen-bond donors (Lipinski definition) is 3. The van der Waals surface area contributed by atoms with Crippen molar-refractivity contribution in [2.75, 3.05) is 5.32 Å². The molecule has 0 atom stereocenters. The number of anilines is 1. The summed E-state index contributed by atoms with van der Waals surface area (Å²) >= 11 is 3.25. The van der Waals surface area contributed by atoms with E-state index >= 15 is 0 Å². The van der Waals surface area contributed by atoms with E-state index in [1.54, 1.807) is 18.2 Å². The molecule has 0 saturated carbocycles. The fourth-order valence-corrected chi connectivity index (χ4v) is 2.03. The van der Waals surface area contributed by atoms with E-state index in [2.05, 4.69) is 21.2 Å². The van der Waals surface area contributed by atoms with Gasteiger partial charge in [-0.3, -0.25) is 0 Å². The Kier molecular flexibility index (Phi) is 3.72. The third-order valence-electron chi connectivity index (χ3n) is 2.49. The third kappa shape index (κ3) is 2.73. The maximum absolute atomic E-state index is 13.5. The van der Waals surface area contributed by atoms with Gasteiger partial charge in [-0.2, -0.15) is 0 Å². The van der Waals surface area contributed by atoms with E-state index in [4.69, 9.17) is 5.11 Å². The fourth-order valence-electron chi connectivity index (χ4n) is 1.55. The van der Waals surface area contributed by atoms with E-state index in [1.165, 1.54) is 18.2 Å². The van der Waals surface area contributed by atoms with E-state index in [9.17, 15) is 9.50 Å². The van der Waals surface area contributed by atoms with Gasteiger partial charge in [-0.15, -0.1) is 0 Å². The van der Waals surface area contributed by atoms with Crippen LogP contribution in [0.2, 0.25) is 0 Å². The van der Waals surface area contributed by atoms with Crippen LogP contribution in [0.25, 0.3) is 0 Å². The Bertz CT molecular complexity index is 555. The predicted octanol–water partition coefficient (Wildman–Crippen LogP) is 3.61. The molecule has 0 heterocycles. The Morgan fingerprint density at radius 3 is 2.61 bits per heavy atom. The van der Waals surface area contributed by atoms with Crippen LogP contribution in [0.15, 0.2) is 40.9 Å². The number of phenols is 2. The fraction of sp³-hybridized carbons (Fsp3) is 0.0769. The smallest absolute Gasteiger partial charge is 0.147 e. The van der Waals surface area contributed by atoms with Gasteiger partial charge in [0.05, 0.1) is 5.69 Å². The lowest BCUT2D eigenvalue weighted by Crippen LogP contribution is -2.02. The molecule has 5 heteroatoms. The summed E-state index contributed by atoms with van der Waals surface area (Å²) in [5.74, 6) is -0.416. The van der Waals surface area contributed by atoms with E-state index in [0.29, 0.717) is 15.7 Å². The summed E-state index contributed by atoms with van der Waals surface area (Å²) in [5.41, 5.74) is 0.910. The van der Waals surface area contributed by atoms with Gasteiger partial charge in [-0.05, 0) is 40.2 Å². The first-order chi connectivity index (χ1) is 8.58. The Balaban J connectivity index is 2.16. The van der Waals surface area contributed by atoms with Crippen LogP contribution < -0.4 is 5.32 Å². The van der Waals surface area contributed by atoms with E-state index < -0.39 is 0 Å². The first kappa shape index (κ1) is 12.7. The number of nitrogens with one attached hydrogen (secondary N) is 1. The maximum Gasteiger partial charge on any atom is 0.147 e. The van der Waals surface area contributed by atoms with Gasteiger partial charge in [0.15, 0.2) is 0 Å². The van der Waals surface area contributed by atoms with Gasteiger partial charge in [0.25, 0.3) is 0 Å². The van der Waals surface area contributed by atoms with Crippen LogP contribution in [-0.2, 0) is 6.54 Å². The molecule has 18 heavy (non-hydrogen) atoms. The van der Waals surface area contributed by atoms with Gasteiger partial charge in [0.1, 0.15) is 17.3 Å². The molecule has 0 aliphatic rings. The number of halogens is 2. The molecule has 0 unspecified atom stereocenters. The average molecular weight is 312 g/mol. The zero-order valence-electron chi connectivity index (χ0n) is 9.32. The van der Waals surface area contributed by atoms with Crippen LogP contribution >= 0.6 is 15.9 Å². The highest BCUT2D eigenvalue weighted by molar-refractivity contribution is 9.10. The molecule has 0 aromatic heterocycles. The molecule has 0 aliphatic heterocycles. The lowest BCUT2D eigenvalue weighted by Gasteiger charge is -2.10. The molecule has 3 nitrogen and oxygen atoms in total. The van der Waals surface area contributed by atoms with Crippen LogP contribution in [0.1, 0.15) is 5.56 Å². The van der Waals surface area contributed by atoms with Crippen LogP contribution in [0, 0.1) is 5.82 Å². The molecule has 2 rings (SSSR count). The number of rotatable bonds is 3. The summed E-state index contributed by atoms with van der Waals surface area (Å²) in [5, 5.41) is 21.7. The van der Waals surface area contributed by atoms with Crippen LogP contribution in [0.3, 0.4) is 0 Å². The standard InChI is InChI=1S/C13H11BrFNO2/c14-10-2-1-3-11(15)13(10)16-7-8-4-5-9(17)6-12(8)18/h1-6,16-18H,7H2. The second-order valence-corrected chi connectivity index (χ2v) is 4.62. The predicted molar refractivity (Wildman–Crippen MR) is 71.2 cm³/mol. The molecule has 3 N–H and O–H groups in total. The van der Waals surface area contributed by atoms with Crippen LogP contribution in [0.5, 0.6) is 11.5 Å². The van der Waals surface area contributed by atoms with Crippen molar-refractivity contribution in [1.29, 1.82) is 0 Å². The van der Waals surface area contributed by atoms with Crippen molar-refractivity contribution in [3.05, 3.63) is 52.3 Å². The summed E-state index contributed by atoms with van der Waals surface area (Å²) in [7, 11) is 0. The van der Waals surface area contributed by atoms with Gasteiger partial charge in [-0.1, -0.05) is 6.07 Å². The summed E-state index contributed by atoms with van der Waals surface area (Å²) in [6.45, 7) is 0.256. The lowest BCUT2D eigenvalue weighted by atomic mass is 10.2. The van der Waals surface area contributed by atoms with Crippen molar-refractivity contribution in [2.45, 2.75) is 6.54 Å². The normalized spacial score (nSPS) is 10.3. The maximum atomic E-state index is 13.5. The summed E-state index contributed by atoms with van der Waals surface area (Å²) < 4.78 is 14.1. The van der Waals surface area contributed by atoms with Crippen molar-refractivity contribution >= 4 is 21.6 Å². The molecule has 0 radical (unpaired) electrons. The van der Waals surface area contributed by atoms with Crippen LogP contribution in [0.4, 0.5) is 10.1 Å². The number of aromatic hydroxyl groups is 2. The minimum atomic E-state index is -0.373. The lowest BCUT2D eigenvalue weighted by molar-refractivity contribution is 0.446. The largest absolute Gasteiger partial charge is 0.508 e. The Hall–Kier alpha value is -1.75. The Labute approximate surface area is 112 Å². The number of para-hydroxylation sites is 1. The molecular weight excluding hydrogens is 301 g/mol. The zero-order valence-corrected chi connectivity index (χ0v) is 10.9. The van der Waals surface area contributed by atoms with Crippen LogP contribution in [-0.4, -0.2) is 10.2 Å². The van der Waals surface area contributed by atoms with Gasteiger partial charge in [0, 0.05) is 22.6 Å². The second-order valence-electron chi connectivity index (χ2n) is 3.76. The van der Waals surface area contributed by atoms with Gasteiger partial charge in [0.2, 0.25) is 0 Å². The number of phenolic OH excluding ortho intramolecular Hbond substituents is 2. The molecular formula is C13H11BrFNO2. The topological polar surface area (TPSA) is 52.5 Å². The monoisotopic (exact) mass is 311 g/mol. The molecule has 2 aromatic carbocycles. The summed E-state index contributed by atoms with van der Waals surface area (Å²) in [4.78, 5) is 0. The van der Waals surface area contributed by atoms with Gasteiger partial charge >= 0.3 is 0 Å². The summed E-state index contributed by atoms with van der Waals surface area (Å²) in [6, 6.07) is 8.96. The molecule has 2 aromatic rings. The van der Waals surface area contributed by atoms with Crippen molar-refractivity contribution in [1.82, 2.24) is 0 Å². The molecule has 0 fully saturated rings. The van der Waals surface area contributed by atoms with Crippen molar-refractivity contribution in [2.24, 2.45) is 0 Å². The van der Waals surface area contributed by atoms with Gasteiger partial charge < -0.3 is 15.5 Å². The number of benzene rings is 2. The van der Waals surface area contributed by atoms with E-state index in [-0.39, 0.29) is 23.9 Å². The highest BCUT2D eigenvalue weighted by Crippen LogP contribution is 2.28. The molecule has 94 valence electrons. The summed E-state index contributed by atoms with van der Waals surface area (Å²) in [6.07, 6.45) is 0. The molecule has 0 bridgehead atoms. The highest BCUT2D eigenvalue weighted by atomic mass is 79.9. The highest BCUT2D eigenvalue weighted by Gasteiger charge is 2.07. The second kappa shape index (κ2) is 5.27. The zero-order chi connectivity index (χ0) is 13.1.